The van der Waals surface area contributed by atoms with E-state index in [4.69, 9.17) is 4.74 Å². The van der Waals surface area contributed by atoms with E-state index in [-0.39, 0.29) is 29.7 Å². The van der Waals surface area contributed by atoms with Crippen LogP contribution in [-0.4, -0.2) is 47.7 Å². The Morgan fingerprint density at radius 1 is 1.11 bits per heavy atom. The van der Waals surface area contributed by atoms with Crippen LogP contribution in [0.15, 0.2) is 0 Å². The smallest absolute Gasteiger partial charge is 0.413 e. The Bertz CT molecular complexity index is 573. The Hall–Kier alpha value is -1.28. The van der Waals surface area contributed by atoms with Crippen LogP contribution in [0.3, 0.4) is 0 Å². The zero-order chi connectivity index (χ0) is 19.4. The van der Waals surface area contributed by atoms with E-state index in [1.807, 2.05) is 0 Å². The molecule has 0 aromatic rings. The lowest BCUT2D eigenvalue weighted by Gasteiger charge is -2.44. The third-order valence-electron chi connectivity index (χ3n) is 5.99. The Kier molecular flexibility index (Phi) is 7.03. The third-order valence-corrected chi connectivity index (χ3v) is 7.27. The lowest BCUT2D eigenvalue weighted by atomic mass is 9.71. The van der Waals surface area contributed by atoms with Crippen molar-refractivity contribution in [3.63, 3.8) is 0 Å². The van der Waals surface area contributed by atoms with Crippen molar-refractivity contribution in [1.29, 1.82) is 0 Å². The van der Waals surface area contributed by atoms with E-state index >= 15 is 0 Å². The predicted molar refractivity (Wildman–Crippen MR) is 104 cm³/mol. The van der Waals surface area contributed by atoms with Crippen molar-refractivity contribution in [3.8, 4) is 0 Å². The summed E-state index contributed by atoms with van der Waals surface area (Å²) in [6.45, 7) is 4.05. The molecule has 2 heterocycles. The molecular weight excluding hydrogens is 366 g/mol. The minimum atomic E-state index is -0.721. The summed E-state index contributed by atoms with van der Waals surface area (Å²) >= 11 is 1.58. The molecule has 2 saturated heterocycles. The maximum Gasteiger partial charge on any atom is 0.413 e. The van der Waals surface area contributed by atoms with Crippen molar-refractivity contribution >= 4 is 29.7 Å². The molecule has 0 spiro atoms. The number of carbonyl (C=O) groups is 3. The zero-order valence-corrected chi connectivity index (χ0v) is 17.0. The van der Waals surface area contributed by atoms with E-state index in [1.54, 1.807) is 18.7 Å². The maximum atomic E-state index is 13.1. The van der Waals surface area contributed by atoms with Crippen molar-refractivity contribution in [2.24, 2.45) is 17.8 Å². The number of carbonyl (C=O) groups excluding carboxylic acids is 3. The van der Waals surface area contributed by atoms with Gasteiger partial charge in [-0.2, -0.15) is 0 Å². The number of piperidine rings is 1. The maximum absolute atomic E-state index is 13.1. The standard InChI is InChI=1S/C19H31N3O4S/c1-3-26-19(25)22-16(23)13-8-9-27-18(13)21-17(24)14-10-11(2)20-15-7-5-4-6-12(14)15/h11-15,18,20H,3-10H2,1-2H3,(H,21,24)(H,22,23,25). The van der Waals surface area contributed by atoms with Crippen LogP contribution in [0.25, 0.3) is 0 Å². The van der Waals surface area contributed by atoms with Crippen LogP contribution < -0.4 is 16.0 Å². The predicted octanol–water partition coefficient (Wildman–Crippen LogP) is 2.01. The van der Waals surface area contributed by atoms with Crippen LogP contribution in [0.5, 0.6) is 0 Å². The summed E-state index contributed by atoms with van der Waals surface area (Å²) in [5.41, 5.74) is 0. The molecule has 8 heteroatoms. The van der Waals surface area contributed by atoms with Gasteiger partial charge in [0, 0.05) is 18.0 Å². The number of fused-ring (bicyclic) bond motifs is 1. The largest absolute Gasteiger partial charge is 0.450 e. The first-order valence-electron chi connectivity index (χ1n) is 10.1. The fourth-order valence-electron chi connectivity index (χ4n) is 4.75. The fourth-order valence-corrected chi connectivity index (χ4v) is 6.08. The van der Waals surface area contributed by atoms with Crippen molar-refractivity contribution in [1.82, 2.24) is 16.0 Å². The van der Waals surface area contributed by atoms with Gasteiger partial charge in [0.25, 0.3) is 0 Å². The fraction of sp³-hybridized carbons (Fsp3) is 0.842. The lowest BCUT2D eigenvalue weighted by molar-refractivity contribution is -0.130. The molecule has 7 nitrogen and oxygen atoms in total. The van der Waals surface area contributed by atoms with Gasteiger partial charge >= 0.3 is 6.09 Å². The average molecular weight is 398 g/mol. The van der Waals surface area contributed by atoms with E-state index in [9.17, 15) is 14.4 Å². The van der Waals surface area contributed by atoms with Crippen molar-refractivity contribution < 1.29 is 19.1 Å². The van der Waals surface area contributed by atoms with E-state index in [0.29, 0.717) is 24.4 Å². The number of alkyl carbamates (subject to hydrolysis) is 1. The lowest BCUT2D eigenvalue weighted by Crippen LogP contribution is -2.56. The van der Waals surface area contributed by atoms with Gasteiger partial charge in [-0.25, -0.2) is 4.79 Å². The van der Waals surface area contributed by atoms with Crippen LogP contribution in [0, 0.1) is 17.8 Å². The molecule has 0 aromatic heterocycles. The van der Waals surface area contributed by atoms with Crippen LogP contribution >= 0.6 is 11.8 Å². The number of nitrogens with one attached hydrogen (secondary N) is 3. The highest BCUT2D eigenvalue weighted by atomic mass is 32.2. The number of ether oxygens (including phenoxy) is 1. The first kappa shape index (κ1) is 20.5. The molecule has 27 heavy (non-hydrogen) atoms. The van der Waals surface area contributed by atoms with Gasteiger partial charge in [-0.3, -0.25) is 14.9 Å². The van der Waals surface area contributed by atoms with Gasteiger partial charge < -0.3 is 15.4 Å². The molecule has 2 aliphatic heterocycles. The number of thioether (sulfide) groups is 1. The minimum absolute atomic E-state index is 0.00141. The third kappa shape index (κ3) is 4.96. The van der Waals surface area contributed by atoms with Crippen LogP contribution in [0.2, 0.25) is 0 Å². The summed E-state index contributed by atoms with van der Waals surface area (Å²) in [4.78, 5) is 37.0. The molecular formula is C19H31N3O4S. The van der Waals surface area contributed by atoms with E-state index in [0.717, 1.165) is 25.0 Å². The number of hydrogen-bond acceptors (Lipinski definition) is 6. The van der Waals surface area contributed by atoms with Gasteiger partial charge in [0.1, 0.15) is 0 Å². The number of amides is 3. The average Bonchev–Trinajstić information content (AvgIpc) is 3.09. The van der Waals surface area contributed by atoms with Crippen molar-refractivity contribution in [2.75, 3.05) is 12.4 Å². The molecule has 3 aliphatic rings. The van der Waals surface area contributed by atoms with Gasteiger partial charge in [0.05, 0.1) is 17.9 Å². The van der Waals surface area contributed by atoms with Gasteiger partial charge in [-0.15, -0.1) is 11.8 Å². The van der Waals surface area contributed by atoms with Crippen LogP contribution in [0.4, 0.5) is 4.79 Å². The molecule has 3 amide bonds. The molecule has 3 fully saturated rings. The van der Waals surface area contributed by atoms with E-state index in [1.165, 1.54) is 12.8 Å². The van der Waals surface area contributed by atoms with E-state index in [2.05, 4.69) is 22.9 Å². The molecule has 152 valence electrons. The van der Waals surface area contributed by atoms with Crippen LogP contribution in [0.1, 0.15) is 52.4 Å². The monoisotopic (exact) mass is 397 g/mol. The highest BCUT2D eigenvalue weighted by molar-refractivity contribution is 8.00. The number of rotatable bonds is 4. The zero-order valence-electron chi connectivity index (χ0n) is 16.2. The van der Waals surface area contributed by atoms with Crippen molar-refractivity contribution in [2.45, 2.75) is 69.8 Å². The first-order chi connectivity index (χ1) is 13.0. The highest BCUT2D eigenvalue weighted by Crippen LogP contribution is 2.38. The number of hydrogen-bond donors (Lipinski definition) is 3. The molecule has 6 unspecified atom stereocenters. The molecule has 0 radical (unpaired) electrons. The SMILES string of the molecule is CCOC(=O)NC(=O)C1CCSC1NC(=O)C1CC(C)NC2CCCCC21. The molecule has 0 aromatic carbocycles. The Labute approximate surface area is 165 Å². The molecule has 1 aliphatic carbocycles. The molecule has 3 rings (SSSR count). The second-order valence-corrected chi connectivity index (χ2v) is 9.12. The number of imide groups is 1. The topological polar surface area (TPSA) is 96.5 Å². The summed E-state index contributed by atoms with van der Waals surface area (Å²) in [6.07, 6.45) is 5.41. The quantitative estimate of drug-likeness (QED) is 0.672. The second kappa shape index (κ2) is 9.28. The summed E-state index contributed by atoms with van der Waals surface area (Å²) < 4.78 is 4.78. The molecule has 1 saturated carbocycles. The van der Waals surface area contributed by atoms with Gasteiger partial charge in [0.15, 0.2) is 0 Å². The minimum Gasteiger partial charge on any atom is -0.450 e. The molecule has 3 N–H and O–H groups in total. The summed E-state index contributed by atoms with van der Waals surface area (Å²) in [7, 11) is 0. The Morgan fingerprint density at radius 3 is 2.67 bits per heavy atom. The van der Waals surface area contributed by atoms with Gasteiger partial charge in [-0.05, 0) is 51.2 Å². The van der Waals surface area contributed by atoms with Crippen LogP contribution in [-0.2, 0) is 14.3 Å². The normalized spacial score (nSPS) is 35.8. The highest BCUT2D eigenvalue weighted by Gasteiger charge is 2.43. The summed E-state index contributed by atoms with van der Waals surface area (Å²) in [6, 6.07) is 0.761. The first-order valence-corrected chi connectivity index (χ1v) is 11.2. The Balaban J connectivity index is 1.60. The second-order valence-electron chi connectivity index (χ2n) is 7.87. The molecule has 0 bridgehead atoms. The van der Waals surface area contributed by atoms with Gasteiger partial charge in [-0.1, -0.05) is 12.8 Å². The molecule has 6 atom stereocenters. The van der Waals surface area contributed by atoms with Crippen molar-refractivity contribution in [3.05, 3.63) is 0 Å². The van der Waals surface area contributed by atoms with Gasteiger partial charge in [0.2, 0.25) is 11.8 Å². The Morgan fingerprint density at radius 2 is 1.89 bits per heavy atom. The van der Waals surface area contributed by atoms with E-state index < -0.39 is 12.0 Å². The summed E-state index contributed by atoms with van der Waals surface area (Å²) in [5, 5.41) is 8.78. The summed E-state index contributed by atoms with van der Waals surface area (Å²) in [5.74, 6) is 0.478.